The van der Waals surface area contributed by atoms with Gasteiger partial charge in [-0.1, -0.05) is 27.2 Å². The molecule has 0 saturated carbocycles. The van der Waals surface area contributed by atoms with Crippen LogP contribution in [0.2, 0.25) is 0 Å². The van der Waals surface area contributed by atoms with Crippen LogP contribution in [0.3, 0.4) is 0 Å². The maximum atomic E-state index is 12.4. The van der Waals surface area contributed by atoms with E-state index >= 15 is 0 Å². The van der Waals surface area contributed by atoms with Crippen molar-refractivity contribution in [1.82, 2.24) is 9.62 Å². The van der Waals surface area contributed by atoms with Crippen molar-refractivity contribution < 1.29 is 18.3 Å². The molecule has 0 bridgehead atoms. The van der Waals surface area contributed by atoms with Crippen molar-refractivity contribution in [3.8, 4) is 0 Å². The van der Waals surface area contributed by atoms with Gasteiger partial charge < -0.3 is 10.4 Å². The van der Waals surface area contributed by atoms with E-state index < -0.39 is 21.9 Å². The summed E-state index contributed by atoms with van der Waals surface area (Å²) in [4.78, 5) is 11.2. The lowest BCUT2D eigenvalue weighted by atomic mass is 9.98. The normalized spacial score (nSPS) is 22.6. The van der Waals surface area contributed by atoms with Crippen LogP contribution in [-0.2, 0) is 14.8 Å². The quantitative estimate of drug-likeness (QED) is 0.633. The zero-order valence-electron chi connectivity index (χ0n) is 13.9. The van der Waals surface area contributed by atoms with Gasteiger partial charge in [0.25, 0.3) is 0 Å². The Morgan fingerprint density at radius 1 is 1.41 bits per heavy atom. The van der Waals surface area contributed by atoms with Crippen LogP contribution in [0.1, 0.15) is 46.5 Å². The molecule has 7 heteroatoms. The van der Waals surface area contributed by atoms with Crippen LogP contribution in [0.25, 0.3) is 0 Å². The Bertz CT molecular complexity index is 450. The van der Waals surface area contributed by atoms with Crippen molar-refractivity contribution in [3.63, 3.8) is 0 Å². The Hall–Kier alpha value is -0.660. The smallest absolute Gasteiger partial charge is 0.308 e. The molecule has 1 aliphatic heterocycles. The molecule has 0 radical (unpaired) electrons. The van der Waals surface area contributed by atoms with Gasteiger partial charge in [0.05, 0.1) is 11.7 Å². The molecule has 2 unspecified atom stereocenters. The molecule has 0 spiro atoms. The molecule has 0 amide bonds. The van der Waals surface area contributed by atoms with Crippen LogP contribution >= 0.6 is 0 Å². The lowest BCUT2D eigenvalue weighted by Gasteiger charge is -2.26. The first-order valence-corrected chi connectivity index (χ1v) is 9.82. The zero-order valence-corrected chi connectivity index (χ0v) is 14.7. The van der Waals surface area contributed by atoms with Crippen LogP contribution in [-0.4, -0.2) is 55.2 Å². The van der Waals surface area contributed by atoms with Crippen LogP contribution in [0.15, 0.2) is 0 Å². The van der Waals surface area contributed by atoms with E-state index in [1.165, 1.54) is 0 Å². The van der Waals surface area contributed by atoms with E-state index in [4.69, 9.17) is 0 Å². The van der Waals surface area contributed by atoms with Crippen LogP contribution in [0.5, 0.6) is 0 Å². The molecule has 1 fully saturated rings. The largest absolute Gasteiger partial charge is 0.481 e. The number of carbonyl (C=O) groups is 1. The monoisotopic (exact) mass is 334 g/mol. The third-order valence-electron chi connectivity index (χ3n) is 4.07. The number of carboxylic acid groups (broad SMARTS) is 1. The van der Waals surface area contributed by atoms with Gasteiger partial charge in [0.2, 0.25) is 10.0 Å². The van der Waals surface area contributed by atoms with Gasteiger partial charge in [-0.05, 0) is 31.7 Å². The minimum absolute atomic E-state index is 0.131. The minimum atomic E-state index is -3.25. The van der Waals surface area contributed by atoms with E-state index in [1.54, 1.807) is 4.31 Å². The van der Waals surface area contributed by atoms with Gasteiger partial charge in [0.15, 0.2) is 0 Å². The van der Waals surface area contributed by atoms with E-state index in [0.29, 0.717) is 38.9 Å². The third-order valence-corrected chi connectivity index (χ3v) is 6.00. The highest BCUT2D eigenvalue weighted by Gasteiger charge is 2.33. The second-order valence-corrected chi connectivity index (χ2v) is 8.59. The summed E-state index contributed by atoms with van der Waals surface area (Å²) in [5.74, 6) is -0.766. The molecule has 1 heterocycles. The summed E-state index contributed by atoms with van der Waals surface area (Å²) < 4.78 is 26.4. The first kappa shape index (κ1) is 19.4. The topological polar surface area (TPSA) is 86.7 Å². The summed E-state index contributed by atoms with van der Waals surface area (Å²) in [6, 6.07) is -0.131. The predicted molar refractivity (Wildman–Crippen MR) is 87.3 cm³/mol. The van der Waals surface area contributed by atoms with E-state index in [0.717, 1.165) is 6.42 Å². The van der Waals surface area contributed by atoms with E-state index in [1.807, 2.05) is 20.8 Å². The Balaban J connectivity index is 2.67. The fraction of sp³-hybridized carbons (Fsp3) is 0.933. The van der Waals surface area contributed by atoms with E-state index in [2.05, 4.69) is 5.32 Å². The number of nitrogens with one attached hydrogen (secondary N) is 1. The molecule has 2 N–H and O–H groups in total. The third kappa shape index (κ3) is 5.85. The molecule has 1 aliphatic rings. The fourth-order valence-corrected chi connectivity index (χ4v) is 4.68. The number of unbranched alkanes of at least 4 members (excludes halogenated alkanes) is 1. The average molecular weight is 334 g/mol. The first-order chi connectivity index (χ1) is 10.3. The number of nitrogens with zero attached hydrogens (tertiary/aromatic N) is 1. The molecule has 1 saturated heterocycles. The number of aliphatic carboxylic acids is 1. The van der Waals surface area contributed by atoms with Gasteiger partial charge in [-0.15, -0.1) is 0 Å². The van der Waals surface area contributed by atoms with Crippen LogP contribution in [0, 0.1) is 11.8 Å². The van der Waals surface area contributed by atoms with Gasteiger partial charge in [-0.25, -0.2) is 12.7 Å². The lowest BCUT2D eigenvalue weighted by Crippen LogP contribution is -2.40. The molecule has 1 rings (SSSR count). The standard InChI is InChI=1S/C15H30N2O4S/c1-4-5-10-22(20,21)17(11-12(2)3)9-7-14-13(15(18)19)6-8-16-14/h12-14,16H,4-11H2,1-3H3,(H,18,19). The highest BCUT2D eigenvalue weighted by Crippen LogP contribution is 2.20. The summed E-state index contributed by atoms with van der Waals surface area (Å²) in [6.07, 6.45) is 2.68. The fourth-order valence-electron chi connectivity index (χ4n) is 2.86. The van der Waals surface area contributed by atoms with Gasteiger partial charge in [0, 0.05) is 19.1 Å². The van der Waals surface area contributed by atoms with Gasteiger partial charge in [-0.3, -0.25) is 4.79 Å². The number of hydrogen-bond donors (Lipinski definition) is 2. The molecule has 0 aromatic rings. The minimum Gasteiger partial charge on any atom is -0.481 e. The molecule has 2 atom stereocenters. The second-order valence-electron chi connectivity index (χ2n) is 6.50. The summed E-state index contributed by atoms with van der Waals surface area (Å²) >= 11 is 0. The predicted octanol–water partition coefficient (Wildman–Crippen LogP) is 1.53. The summed E-state index contributed by atoms with van der Waals surface area (Å²) in [5.41, 5.74) is 0. The first-order valence-electron chi connectivity index (χ1n) is 8.22. The maximum absolute atomic E-state index is 12.4. The molecule has 130 valence electrons. The highest BCUT2D eigenvalue weighted by molar-refractivity contribution is 7.89. The van der Waals surface area contributed by atoms with Crippen molar-refractivity contribution in [2.75, 3.05) is 25.4 Å². The lowest BCUT2D eigenvalue weighted by molar-refractivity contribution is -0.142. The Morgan fingerprint density at radius 3 is 2.64 bits per heavy atom. The van der Waals surface area contributed by atoms with Crippen LogP contribution in [0.4, 0.5) is 0 Å². The Kier molecular flexibility index (Phi) is 7.79. The number of hydrogen-bond acceptors (Lipinski definition) is 4. The molecule has 0 aromatic heterocycles. The van der Waals surface area contributed by atoms with Crippen molar-refractivity contribution in [2.45, 2.75) is 52.5 Å². The van der Waals surface area contributed by atoms with E-state index in [9.17, 15) is 18.3 Å². The Morgan fingerprint density at radius 2 is 2.09 bits per heavy atom. The highest BCUT2D eigenvalue weighted by atomic mass is 32.2. The van der Waals surface area contributed by atoms with Crippen molar-refractivity contribution in [1.29, 1.82) is 0 Å². The number of sulfonamides is 1. The molecular formula is C15H30N2O4S. The molecule has 22 heavy (non-hydrogen) atoms. The van der Waals surface area contributed by atoms with Gasteiger partial charge in [0.1, 0.15) is 0 Å². The van der Waals surface area contributed by atoms with Crippen molar-refractivity contribution in [2.24, 2.45) is 11.8 Å². The van der Waals surface area contributed by atoms with E-state index in [-0.39, 0.29) is 17.7 Å². The average Bonchev–Trinajstić information content (AvgIpc) is 2.89. The summed E-state index contributed by atoms with van der Waals surface area (Å²) in [5, 5.41) is 12.4. The zero-order chi connectivity index (χ0) is 16.8. The molecular weight excluding hydrogens is 304 g/mol. The maximum Gasteiger partial charge on any atom is 0.308 e. The summed E-state index contributed by atoms with van der Waals surface area (Å²) in [7, 11) is -3.25. The van der Waals surface area contributed by atoms with Crippen molar-refractivity contribution in [3.05, 3.63) is 0 Å². The molecule has 0 aliphatic carbocycles. The van der Waals surface area contributed by atoms with Crippen LogP contribution < -0.4 is 5.32 Å². The van der Waals surface area contributed by atoms with Crippen molar-refractivity contribution >= 4 is 16.0 Å². The molecule has 0 aromatic carbocycles. The molecule has 6 nitrogen and oxygen atoms in total. The second kappa shape index (κ2) is 8.84. The number of carboxylic acids is 1. The number of rotatable bonds is 10. The Labute approximate surface area is 134 Å². The SMILES string of the molecule is CCCCS(=O)(=O)N(CCC1NCCC1C(=O)O)CC(C)C. The van der Waals surface area contributed by atoms with Gasteiger partial charge >= 0.3 is 5.97 Å². The van der Waals surface area contributed by atoms with Gasteiger partial charge in [-0.2, -0.15) is 0 Å². The summed E-state index contributed by atoms with van der Waals surface area (Å²) in [6.45, 7) is 7.55.